The van der Waals surface area contributed by atoms with Gasteiger partial charge in [0.1, 0.15) is 0 Å². The van der Waals surface area contributed by atoms with Crippen molar-refractivity contribution in [2.24, 2.45) is 11.8 Å². The van der Waals surface area contributed by atoms with Crippen molar-refractivity contribution in [1.29, 1.82) is 0 Å². The topological polar surface area (TPSA) is 15.3 Å². The molecule has 1 aliphatic rings. The van der Waals surface area contributed by atoms with Gasteiger partial charge in [0.15, 0.2) is 0 Å². The summed E-state index contributed by atoms with van der Waals surface area (Å²) in [6.45, 7) is 11.2. The van der Waals surface area contributed by atoms with E-state index in [0.717, 1.165) is 31.5 Å². The summed E-state index contributed by atoms with van der Waals surface area (Å²) in [5.41, 5.74) is 2.74. The largest absolute Gasteiger partial charge is 0.372 e. The second-order valence-corrected chi connectivity index (χ2v) is 6.61. The van der Waals surface area contributed by atoms with Gasteiger partial charge >= 0.3 is 0 Å². The van der Waals surface area contributed by atoms with Crippen LogP contribution in [0.2, 0.25) is 0 Å². The smallest absolute Gasteiger partial charge is 0.0366 e. The minimum Gasteiger partial charge on any atom is -0.372 e. The van der Waals surface area contributed by atoms with E-state index in [1.54, 1.807) is 0 Å². The number of nitrogens with zero attached hydrogens (tertiary/aromatic N) is 1. The van der Waals surface area contributed by atoms with Gasteiger partial charge in [-0.3, -0.25) is 0 Å². The molecule has 0 bridgehead atoms. The molecule has 2 rings (SSSR count). The van der Waals surface area contributed by atoms with Gasteiger partial charge in [-0.2, -0.15) is 0 Å². The second-order valence-electron chi connectivity index (χ2n) is 6.61. The predicted molar refractivity (Wildman–Crippen MR) is 92.8 cm³/mol. The van der Waals surface area contributed by atoms with Crippen molar-refractivity contribution in [3.63, 3.8) is 0 Å². The first-order chi connectivity index (χ1) is 10.2. The number of hydrogen-bond acceptors (Lipinski definition) is 2. The van der Waals surface area contributed by atoms with E-state index in [-0.39, 0.29) is 0 Å². The van der Waals surface area contributed by atoms with Gasteiger partial charge in [-0.15, -0.1) is 0 Å². The van der Waals surface area contributed by atoms with Crippen molar-refractivity contribution in [3.8, 4) is 0 Å². The Hall–Kier alpha value is -1.02. The van der Waals surface area contributed by atoms with Gasteiger partial charge in [-0.25, -0.2) is 0 Å². The monoisotopic (exact) mass is 288 g/mol. The molecule has 0 heterocycles. The van der Waals surface area contributed by atoms with E-state index < -0.39 is 0 Å². The molecule has 2 nitrogen and oxygen atoms in total. The lowest BCUT2D eigenvalue weighted by atomic mass is 9.82. The highest BCUT2D eigenvalue weighted by molar-refractivity contribution is 5.47. The summed E-state index contributed by atoms with van der Waals surface area (Å²) >= 11 is 0. The molecule has 2 heteroatoms. The molecule has 0 spiro atoms. The lowest BCUT2D eigenvalue weighted by Gasteiger charge is -2.27. The summed E-state index contributed by atoms with van der Waals surface area (Å²) < 4.78 is 0. The highest BCUT2D eigenvalue weighted by Crippen LogP contribution is 2.28. The standard InChI is InChI=1S/C19H32N2/c1-4-21(5-2)19-11-9-17(10-12-19)14-20-15-18-8-6-7-16(3)13-18/h9-12,16,18,20H,4-8,13-15H2,1-3H3. The Kier molecular flexibility index (Phi) is 6.56. The van der Waals surface area contributed by atoms with Crippen molar-refractivity contribution in [2.75, 3.05) is 24.5 Å². The Bertz CT molecular complexity index is 395. The number of rotatable bonds is 7. The van der Waals surface area contributed by atoms with Crippen LogP contribution in [0.3, 0.4) is 0 Å². The summed E-state index contributed by atoms with van der Waals surface area (Å²) in [5, 5.41) is 3.66. The van der Waals surface area contributed by atoms with Crippen LogP contribution in [-0.4, -0.2) is 19.6 Å². The maximum atomic E-state index is 3.66. The van der Waals surface area contributed by atoms with Gasteiger partial charge in [0.2, 0.25) is 0 Å². The third-order valence-corrected chi connectivity index (χ3v) is 4.87. The van der Waals surface area contributed by atoms with E-state index in [0.29, 0.717) is 0 Å². The van der Waals surface area contributed by atoms with E-state index in [2.05, 4.69) is 55.3 Å². The average molecular weight is 288 g/mol. The van der Waals surface area contributed by atoms with Crippen LogP contribution in [0.5, 0.6) is 0 Å². The number of nitrogens with one attached hydrogen (secondary N) is 1. The van der Waals surface area contributed by atoms with E-state index in [1.165, 1.54) is 43.5 Å². The molecule has 1 aromatic carbocycles. The van der Waals surface area contributed by atoms with Crippen molar-refractivity contribution in [1.82, 2.24) is 5.32 Å². The second kappa shape index (κ2) is 8.43. The van der Waals surface area contributed by atoms with Gasteiger partial charge in [0.25, 0.3) is 0 Å². The molecular formula is C19H32N2. The van der Waals surface area contributed by atoms with Crippen molar-refractivity contribution < 1.29 is 0 Å². The zero-order valence-corrected chi connectivity index (χ0v) is 14.1. The first-order valence-electron chi connectivity index (χ1n) is 8.77. The fraction of sp³-hybridized carbons (Fsp3) is 0.684. The Balaban J connectivity index is 1.75. The third kappa shape index (κ3) is 5.03. The average Bonchev–Trinajstić information content (AvgIpc) is 2.50. The fourth-order valence-corrected chi connectivity index (χ4v) is 3.58. The molecule has 0 aliphatic heterocycles. The van der Waals surface area contributed by atoms with Crippen LogP contribution in [0, 0.1) is 11.8 Å². The van der Waals surface area contributed by atoms with Crippen LogP contribution >= 0.6 is 0 Å². The molecule has 0 radical (unpaired) electrons. The molecule has 0 aromatic heterocycles. The minimum atomic E-state index is 0.892. The fourth-order valence-electron chi connectivity index (χ4n) is 3.58. The molecular weight excluding hydrogens is 256 g/mol. The van der Waals surface area contributed by atoms with Gasteiger partial charge < -0.3 is 10.2 Å². The molecule has 1 aromatic rings. The molecule has 2 atom stereocenters. The summed E-state index contributed by atoms with van der Waals surface area (Å²) in [5.74, 6) is 1.82. The lowest BCUT2D eigenvalue weighted by Crippen LogP contribution is -2.26. The third-order valence-electron chi connectivity index (χ3n) is 4.87. The minimum absolute atomic E-state index is 0.892. The first-order valence-corrected chi connectivity index (χ1v) is 8.77. The summed E-state index contributed by atoms with van der Waals surface area (Å²) in [7, 11) is 0. The van der Waals surface area contributed by atoms with Crippen molar-refractivity contribution in [3.05, 3.63) is 29.8 Å². The summed E-state index contributed by atoms with van der Waals surface area (Å²) in [6, 6.07) is 9.05. The molecule has 0 amide bonds. The lowest BCUT2D eigenvalue weighted by molar-refractivity contribution is 0.274. The SMILES string of the molecule is CCN(CC)c1ccc(CNCC2CCCC(C)C2)cc1. The van der Waals surface area contributed by atoms with Crippen molar-refractivity contribution in [2.45, 2.75) is 53.0 Å². The van der Waals surface area contributed by atoms with Crippen LogP contribution < -0.4 is 10.2 Å². The zero-order valence-electron chi connectivity index (χ0n) is 14.1. The number of benzene rings is 1. The molecule has 21 heavy (non-hydrogen) atoms. The van der Waals surface area contributed by atoms with Gasteiger partial charge in [0.05, 0.1) is 0 Å². The first kappa shape index (κ1) is 16.4. The molecule has 1 fully saturated rings. The van der Waals surface area contributed by atoms with Crippen LogP contribution in [0.15, 0.2) is 24.3 Å². The molecule has 1 N–H and O–H groups in total. The number of anilines is 1. The number of hydrogen-bond donors (Lipinski definition) is 1. The Labute approximate surface area is 130 Å². The van der Waals surface area contributed by atoms with Gasteiger partial charge in [0, 0.05) is 25.3 Å². The summed E-state index contributed by atoms with van der Waals surface area (Å²) in [4.78, 5) is 2.39. The summed E-state index contributed by atoms with van der Waals surface area (Å²) in [6.07, 6.45) is 5.68. The highest BCUT2D eigenvalue weighted by atomic mass is 15.1. The molecule has 118 valence electrons. The van der Waals surface area contributed by atoms with E-state index in [4.69, 9.17) is 0 Å². The Morgan fingerprint density at radius 3 is 2.43 bits per heavy atom. The van der Waals surface area contributed by atoms with E-state index in [1.807, 2.05) is 0 Å². The van der Waals surface area contributed by atoms with Crippen molar-refractivity contribution >= 4 is 5.69 Å². The molecule has 0 saturated heterocycles. The van der Waals surface area contributed by atoms with Crippen LogP contribution in [0.25, 0.3) is 0 Å². The molecule has 1 aliphatic carbocycles. The molecule has 1 saturated carbocycles. The van der Waals surface area contributed by atoms with E-state index in [9.17, 15) is 0 Å². The van der Waals surface area contributed by atoms with Crippen LogP contribution in [-0.2, 0) is 6.54 Å². The zero-order chi connectivity index (χ0) is 15.1. The Morgan fingerprint density at radius 1 is 1.10 bits per heavy atom. The maximum Gasteiger partial charge on any atom is 0.0366 e. The predicted octanol–water partition coefficient (Wildman–Crippen LogP) is 4.45. The van der Waals surface area contributed by atoms with E-state index >= 15 is 0 Å². The molecule has 2 unspecified atom stereocenters. The normalized spacial score (nSPS) is 22.2. The van der Waals surface area contributed by atoms with Crippen LogP contribution in [0.1, 0.15) is 52.0 Å². The van der Waals surface area contributed by atoms with Crippen LogP contribution in [0.4, 0.5) is 5.69 Å². The Morgan fingerprint density at radius 2 is 1.81 bits per heavy atom. The highest BCUT2D eigenvalue weighted by Gasteiger charge is 2.18. The van der Waals surface area contributed by atoms with Gasteiger partial charge in [-0.1, -0.05) is 31.9 Å². The maximum absolute atomic E-state index is 3.66. The quantitative estimate of drug-likeness (QED) is 0.797. The van der Waals surface area contributed by atoms with Gasteiger partial charge in [-0.05, 0) is 62.8 Å².